The van der Waals surface area contributed by atoms with E-state index in [1.807, 2.05) is 19.1 Å². The maximum Gasteiger partial charge on any atom is 0.251 e. The van der Waals surface area contributed by atoms with Gasteiger partial charge in [-0.1, -0.05) is 15.9 Å². The minimum atomic E-state index is -0.222. The van der Waals surface area contributed by atoms with Gasteiger partial charge in [0, 0.05) is 16.1 Å². The van der Waals surface area contributed by atoms with Crippen molar-refractivity contribution in [1.29, 1.82) is 0 Å². The summed E-state index contributed by atoms with van der Waals surface area (Å²) in [6, 6.07) is 5.25. The number of benzene rings is 1. The monoisotopic (exact) mass is 271 g/mol. The molecule has 0 spiro atoms. The summed E-state index contributed by atoms with van der Waals surface area (Å²) in [5.74, 6) is -0.151. The Bertz CT molecular complexity index is 366. The molecule has 0 saturated carbocycles. The number of aliphatic hydroxyl groups is 1. The van der Waals surface area contributed by atoms with Crippen LogP contribution in [-0.4, -0.2) is 23.7 Å². The van der Waals surface area contributed by atoms with Crippen LogP contribution in [0, 0.1) is 6.92 Å². The molecule has 3 nitrogen and oxygen atoms in total. The molecular weight excluding hydrogens is 258 g/mol. The van der Waals surface area contributed by atoms with E-state index in [0.29, 0.717) is 5.56 Å². The first-order valence-corrected chi connectivity index (χ1v) is 5.51. The molecule has 0 bridgehead atoms. The number of amides is 1. The molecule has 1 amide bonds. The predicted molar refractivity (Wildman–Crippen MR) is 62.9 cm³/mol. The molecule has 0 aliphatic carbocycles. The number of rotatable bonds is 3. The zero-order valence-electron chi connectivity index (χ0n) is 8.75. The fourth-order valence-corrected chi connectivity index (χ4v) is 1.70. The summed E-state index contributed by atoms with van der Waals surface area (Å²) in [7, 11) is 0. The van der Waals surface area contributed by atoms with Crippen molar-refractivity contribution in [2.75, 3.05) is 6.61 Å². The van der Waals surface area contributed by atoms with Gasteiger partial charge in [-0.2, -0.15) is 0 Å². The lowest BCUT2D eigenvalue weighted by Crippen LogP contribution is -2.35. The van der Waals surface area contributed by atoms with Gasteiger partial charge in [0.15, 0.2) is 0 Å². The molecule has 0 heterocycles. The third-order valence-electron chi connectivity index (χ3n) is 2.08. The van der Waals surface area contributed by atoms with Crippen LogP contribution in [0.4, 0.5) is 0 Å². The third-order valence-corrected chi connectivity index (χ3v) is 2.58. The Balaban J connectivity index is 2.82. The molecule has 15 heavy (non-hydrogen) atoms. The number of halogens is 1. The minimum absolute atomic E-state index is 0.0543. The summed E-state index contributed by atoms with van der Waals surface area (Å²) in [4.78, 5) is 11.7. The molecule has 0 radical (unpaired) electrons. The van der Waals surface area contributed by atoms with Gasteiger partial charge in [-0.15, -0.1) is 0 Å². The maximum atomic E-state index is 11.7. The zero-order valence-corrected chi connectivity index (χ0v) is 10.3. The van der Waals surface area contributed by atoms with E-state index in [1.165, 1.54) is 0 Å². The summed E-state index contributed by atoms with van der Waals surface area (Å²) in [5.41, 5.74) is 1.55. The first kappa shape index (κ1) is 12.2. The first-order chi connectivity index (χ1) is 7.04. The van der Waals surface area contributed by atoms with Gasteiger partial charge in [0.1, 0.15) is 0 Å². The lowest BCUT2D eigenvalue weighted by molar-refractivity contribution is 0.0921. The average molecular weight is 272 g/mol. The molecule has 0 aliphatic heterocycles. The lowest BCUT2D eigenvalue weighted by Gasteiger charge is -2.12. The second-order valence-corrected chi connectivity index (χ2v) is 4.43. The van der Waals surface area contributed by atoms with E-state index in [-0.39, 0.29) is 18.6 Å². The van der Waals surface area contributed by atoms with Crippen LogP contribution in [0.25, 0.3) is 0 Å². The average Bonchev–Trinajstić information content (AvgIpc) is 2.17. The Labute approximate surface area is 97.6 Å². The van der Waals surface area contributed by atoms with Gasteiger partial charge >= 0.3 is 0 Å². The van der Waals surface area contributed by atoms with Crippen LogP contribution in [0.3, 0.4) is 0 Å². The number of nitrogens with one attached hydrogen (secondary N) is 1. The quantitative estimate of drug-likeness (QED) is 0.882. The van der Waals surface area contributed by atoms with Crippen LogP contribution < -0.4 is 5.32 Å². The SMILES string of the molecule is Cc1cc(Br)ccc1C(=O)N[C@H](C)CO. The smallest absolute Gasteiger partial charge is 0.251 e. The summed E-state index contributed by atoms with van der Waals surface area (Å²) in [6.07, 6.45) is 0. The molecule has 1 aromatic carbocycles. The van der Waals surface area contributed by atoms with Crippen molar-refractivity contribution in [3.8, 4) is 0 Å². The molecule has 0 aromatic heterocycles. The minimum Gasteiger partial charge on any atom is -0.394 e. The molecular formula is C11H14BrNO2. The van der Waals surface area contributed by atoms with Crippen molar-refractivity contribution in [3.63, 3.8) is 0 Å². The van der Waals surface area contributed by atoms with Gasteiger partial charge in [-0.05, 0) is 37.6 Å². The Morgan fingerprint density at radius 2 is 2.27 bits per heavy atom. The Kier molecular flexibility index (Phi) is 4.29. The largest absolute Gasteiger partial charge is 0.394 e. The van der Waals surface area contributed by atoms with Crippen molar-refractivity contribution in [3.05, 3.63) is 33.8 Å². The van der Waals surface area contributed by atoms with Gasteiger partial charge in [0.05, 0.1) is 6.61 Å². The Hall–Kier alpha value is -0.870. The maximum absolute atomic E-state index is 11.7. The summed E-state index contributed by atoms with van der Waals surface area (Å²) < 4.78 is 0.951. The summed E-state index contributed by atoms with van der Waals surface area (Å²) in [6.45, 7) is 3.58. The van der Waals surface area contributed by atoms with E-state index < -0.39 is 0 Å². The van der Waals surface area contributed by atoms with E-state index in [1.54, 1.807) is 13.0 Å². The van der Waals surface area contributed by atoms with E-state index in [4.69, 9.17) is 5.11 Å². The van der Waals surface area contributed by atoms with Gasteiger partial charge in [-0.3, -0.25) is 4.79 Å². The number of aryl methyl sites for hydroxylation is 1. The van der Waals surface area contributed by atoms with E-state index in [9.17, 15) is 4.79 Å². The second-order valence-electron chi connectivity index (χ2n) is 3.52. The first-order valence-electron chi connectivity index (χ1n) is 4.72. The Morgan fingerprint density at radius 1 is 1.60 bits per heavy atom. The fraction of sp³-hybridized carbons (Fsp3) is 0.364. The molecule has 1 atom stereocenters. The summed E-state index contributed by atoms with van der Waals surface area (Å²) in [5, 5.41) is 11.5. The lowest BCUT2D eigenvalue weighted by atomic mass is 10.1. The molecule has 0 unspecified atom stereocenters. The third kappa shape index (κ3) is 3.32. The number of hydrogen-bond donors (Lipinski definition) is 2. The van der Waals surface area contributed by atoms with E-state index >= 15 is 0 Å². The highest BCUT2D eigenvalue weighted by Crippen LogP contribution is 2.15. The van der Waals surface area contributed by atoms with Crippen molar-refractivity contribution < 1.29 is 9.90 Å². The van der Waals surface area contributed by atoms with Gasteiger partial charge in [-0.25, -0.2) is 0 Å². The highest BCUT2D eigenvalue weighted by molar-refractivity contribution is 9.10. The number of carbonyl (C=O) groups is 1. The highest BCUT2D eigenvalue weighted by Gasteiger charge is 2.11. The summed E-state index contributed by atoms with van der Waals surface area (Å²) >= 11 is 3.34. The number of carbonyl (C=O) groups excluding carboxylic acids is 1. The van der Waals surface area contributed by atoms with Crippen molar-refractivity contribution >= 4 is 21.8 Å². The van der Waals surface area contributed by atoms with Crippen LogP contribution in [0.5, 0.6) is 0 Å². The molecule has 82 valence electrons. The molecule has 0 aliphatic rings. The standard InChI is InChI=1S/C11H14BrNO2/c1-7-5-9(12)3-4-10(7)11(15)13-8(2)6-14/h3-5,8,14H,6H2,1-2H3,(H,13,15)/t8-/m1/s1. The molecule has 0 fully saturated rings. The second kappa shape index (κ2) is 5.28. The normalized spacial score (nSPS) is 12.3. The molecule has 0 saturated heterocycles. The molecule has 4 heteroatoms. The van der Waals surface area contributed by atoms with Gasteiger partial charge in [0.2, 0.25) is 0 Å². The van der Waals surface area contributed by atoms with E-state index in [2.05, 4.69) is 21.2 Å². The van der Waals surface area contributed by atoms with Gasteiger partial charge < -0.3 is 10.4 Å². The molecule has 1 aromatic rings. The van der Waals surface area contributed by atoms with Crippen LogP contribution in [-0.2, 0) is 0 Å². The zero-order chi connectivity index (χ0) is 11.4. The topological polar surface area (TPSA) is 49.3 Å². The van der Waals surface area contributed by atoms with Crippen LogP contribution in [0.15, 0.2) is 22.7 Å². The van der Waals surface area contributed by atoms with Crippen molar-refractivity contribution in [1.82, 2.24) is 5.32 Å². The molecule has 2 N–H and O–H groups in total. The number of hydrogen-bond acceptors (Lipinski definition) is 2. The highest BCUT2D eigenvalue weighted by atomic mass is 79.9. The van der Waals surface area contributed by atoms with Crippen molar-refractivity contribution in [2.45, 2.75) is 19.9 Å². The molecule has 1 rings (SSSR count). The Morgan fingerprint density at radius 3 is 2.80 bits per heavy atom. The number of aliphatic hydroxyl groups excluding tert-OH is 1. The predicted octanol–water partition coefficient (Wildman–Crippen LogP) is 1.87. The van der Waals surface area contributed by atoms with Crippen LogP contribution in [0.1, 0.15) is 22.8 Å². The van der Waals surface area contributed by atoms with Crippen LogP contribution in [0.2, 0.25) is 0 Å². The van der Waals surface area contributed by atoms with Gasteiger partial charge in [0.25, 0.3) is 5.91 Å². The fourth-order valence-electron chi connectivity index (χ4n) is 1.23. The van der Waals surface area contributed by atoms with E-state index in [0.717, 1.165) is 10.0 Å². The van der Waals surface area contributed by atoms with Crippen LogP contribution >= 0.6 is 15.9 Å². The van der Waals surface area contributed by atoms with Crippen molar-refractivity contribution in [2.24, 2.45) is 0 Å².